The lowest BCUT2D eigenvalue weighted by atomic mass is 10.1. The Kier molecular flexibility index (Phi) is 4.07. The molecule has 0 spiro atoms. The van der Waals surface area contributed by atoms with E-state index in [1.54, 1.807) is 19.9 Å². The fraction of sp³-hybridized carbons (Fsp3) is 0.235. The zero-order valence-corrected chi connectivity index (χ0v) is 13.2. The predicted molar refractivity (Wildman–Crippen MR) is 83.6 cm³/mol. The minimum Gasteiger partial charge on any atom is -0.508 e. The number of phenolic OH excluding ortho intramolecular Hbond substituents is 1. The molecule has 7 nitrogen and oxygen atoms in total. The molecule has 0 unspecified atom stereocenters. The van der Waals surface area contributed by atoms with Gasteiger partial charge in [-0.15, -0.1) is 0 Å². The van der Waals surface area contributed by atoms with Gasteiger partial charge in [-0.05, 0) is 26.0 Å². The van der Waals surface area contributed by atoms with Gasteiger partial charge in [-0.25, -0.2) is 4.79 Å². The molecule has 0 aliphatic rings. The second kappa shape index (κ2) is 6.19. The lowest BCUT2D eigenvalue weighted by Crippen LogP contribution is -2.10. The summed E-state index contributed by atoms with van der Waals surface area (Å²) in [6.45, 7) is 3.40. The molecule has 0 bridgehead atoms. The van der Waals surface area contributed by atoms with Gasteiger partial charge in [0.25, 0.3) is 0 Å². The first kappa shape index (κ1) is 15.8. The Bertz CT molecular complexity index is 949. The van der Waals surface area contributed by atoms with Crippen LogP contribution in [0.5, 0.6) is 5.75 Å². The Balaban J connectivity index is 1.78. The second-order valence-corrected chi connectivity index (χ2v) is 5.41. The molecule has 2 aromatic heterocycles. The number of hydrogen-bond donors (Lipinski definition) is 1. The van der Waals surface area contributed by atoms with E-state index in [1.165, 1.54) is 18.2 Å². The first-order valence-corrected chi connectivity index (χ1v) is 7.27. The minimum absolute atomic E-state index is 0.0156. The molecule has 0 aliphatic heterocycles. The van der Waals surface area contributed by atoms with E-state index in [1.807, 2.05) is 0 Å². The Labute approximate surface area is 136 Å². The van der Waals surface area contributed by atoms with Crippen molar-refractivity contribution < 1.29 is 23.6 Å². The number of rotatable bonds is 4. The molecule has 0 aliphatic carbocycles. The molecule has 3 aromatic rings. The van der Waals surface area contributed by atoms with E-state index in [-0.39, 0.29) is 24.4 Å². The third-order valence-corrected chi connectivity index (χ3v) is 3.70. The van der Waals surface area contributed by atoms with Gasteiger partial charge in [0.05, 0.1) is 12.1 Å². The largest absolute Gasteiger partial charge is 0.508 e. The lowest BCUT2D eigenvalue weighted by Gasteiger charge is -2.07. The summed E-state index contributed by atoms with van der Waals surface area (Å²) in [7, 11) is 0. The van der Waals surface area contributed by atoms with E-state index in [4.69, 9.17) is 13.7 Å². The standard InChI is InChI=1S/C17H15NO6/c1-9-14(10(2)24-18-9)7-16(20)22-8-11-5-17(21)23-15-6-12(19)3-4-13(11)15/h3-6,19H,7-8H2,1-2H3. The molecule has 24 heavy (non-hydrogen) atoms. The highest BCUT2D eigenvalue weighted by Crippen LogP contribution is 2.22. The number of carbonyl (C=O) groups excluding carboxylic acids is 1. The van der Waals surface area contributed by atoms with Crippen molar-refractivity contribution in [1.29, 1.82) is 0 Å². The van der Waals surface area contributed by atoms with Crippen molar-refractivity contribution in [3.8, 4) is 5.75 Å². The number of hydrogen-bond acceptors (Lipinski definition) is 7. The van der Waals surface area contributed by atoms with Crippen molar-refractivity contribution in [3.05, 3.63) is 57.3 Å². The van der Waals surface area contributed by atoms with Crippen molar-refractivity contribution in [2.24, 2.45) is 0 Å². The van der Waals surface area contributed by atoms with E-state index in [2.05, 4.69) is 5.16 Å². The summed E-state index contributed by atoms with van der Waals surface area (Å²) in [5, 5.41) is 13.8. The van der Waals surface area contributed by atoms with Crippen LogP contribution in [0.4, 0.5) is 0 Å². The Morgan fingerprint density at radius 1 is 1.29 bits per heavy atom. The molecule has 0 fully saturated rings. The molecule has 0 saturated carbocycles. The summed E-state index contributed by atoms with van der Waals surface area (Å²) in [4.78, 5) is 23.6. The van der Waals surface area contributed by atoms with Gasteiger partial charge >= 0.3 is 11.6 Å². The van der Waals surface area contributed by atoms with Gasteiger partial charge < -0.3 is 18.8 Å². The van der Waals surface area contributed by atoms with Crippen LogP contribution in [0, 0.1) is 13.8 Å². The monoisotopic (exact) mass is 329 g/mol. The SMILES string of the molecule is Cc1noc(C)c1CC(=O)OCc1cc(=O)oc2cc(O)ccc12. The summed E-state index contributed by atoms with van der Waals surface area (Å²) in [5.41, 5.74) is 1.51. The number of aromatic hydroxyl groups is 1. The first-order valence-electron chi connectivity index (χ1n) is 7.27. The van der Waals surface area contributed by atoms with Crippen LogP contribution >= 0.6 is 0 Å². The van der Waals surface area contributed by atoms with Crippen LogP contribution in [0.2, 0.25) is 0 Å². The van der Waals surface area contributed by atoms with E-state index >= 15 is 0 Å². The summed E-state index contributed by atoms with van der Waals surface area (Å²) in [6, 6.07) is 5.68. The van der Waals surface area contributed by atoms with Crippen LogP contribution in [0.25, 0.3) is 11.0 Å². The molecule has 0 atom stereocenters. The lowest BCUT2D eigenvalue weighted by molar-refractivity contribution is -0.144. The van der Waals surface area contributed by atoms with E-state index in [0.717, 1.165) is 0 Å². The van der Waals surface area contributed by atoms with Crippen molar-refractivity contribution in [1.82, 2.24) is 5.16 Å². The maximum Gasteiger partial charge on any atom is 0.336 e. The molecule has 0 saturated heterocycles. The zero-order valence-electron chi connectivity index (χ0n) is 13.2. The molecule has 7 heteroatoms. The van der Waals surface area contributed by atoms with Crippen molar-refractivity contribution >= 4 is 16.9 Å². The summed E-state index contributed by atoms with van der Waals surface area (Å²) < 4.78 is 15.3. The third kappa shape index (κ3) is 3.15. The van der Waals surface area contributed by atoms with Gasteiger partial charge in [0.2, 0.25) is 0 Å². The fourth-order valence-electron chi connectivity index (χ4n) is 2.45. The fourth-order valence-corrected chi connectivity index (χ4v) is 2.45. The van der Waals surface area contributed by atoms with Crippen LogP contribution in [0.3, 0.4) is 0 Å². The highest BCUT2D eigenvalue weighted by atomic mass is 16.5. The van der Waals surface area contributed by atoms with Gasteiger partial charge in [0.1, 0.15) is 23.7 Å². The average molecular weight is 329 g/mol. The van der Waals surface area contributed by atoms with Gasteiger partial charge in [0.15, 0.2) is 0 Å². The van der Waals surface area contributed by atoms with Gasteiger partial charge in [-0.3, -0.25) is 4.79 Å². The number of esters is 1. The molecule has 0 radical (unpaired) electrons. The van der Waals surface area contributed by atoms with Crippen molar-refractivity contribution in [2.75, 3.05) is 0 Å². The summed E-state index contributed by atoms with van der Waals surface area (Å²) in [6.07, 6.45) is 0.0430. The number of aryl methyl sites for hydroxylation is 2. The van der Waals surface area contributed by atoms with E-state index in [9.17, 15) is 14.7 Å². The Morgan fingerprint density at radius 2 is 2.08 bits per heavy atom. The summed E-state index contributed by atoms with van der Waals surface area (Å²) in [5.74, 6) is 0.105. The van der Waals surface area contributed by atoms with Crippen LogP contribution in [-0.4, -0.2) is 16.2 Å². The number of nitrogens with zero attached hydrogens (tertiary/aromatic N) is 1. The number of phenols is 1. The molecule has 3 rings (SSSR count). The van der Waals surface area contributed by atoms with Crippen LogP contribution in [0.1, 0.15) is 22.6 Å². The van der Waals surface area contributed by atoms with Crippen LogP contribution in [-0.2, 0) is 22.6 Å². The molecular weight excluding hydrogens is 314 g/mol. The minimum atomic E-state index is -0.579. The molecule has 1 aromatic carbocycles. The average Bonchev–Trinajstić information content (AvgIpc) is 2.84. The maximum atomic E-state index is 12.0. The maximum absolute atomic E-state index is 12.0. The smallest absolute Gasteiger partial charge is 0.336 e. The number of aromatic nitrogens is 1. The molecule has 2 heterocycles. The Morgan fingerprint density at radius 3 is 2.79 bits per heavy atom. The highest BCUT2D eigenvalue weighted by molar-refractivity contribution is 5.81. The summed E-state index contributed by atoms with van der Waals surface area (Å²) >= 11 is 0. The molecule has 124 valence electrons. The second-order valence-electron chi connectivity index (χ2n) is 5.41. The molecule has 0 amide bonds. The number of benzene rings is 1. The molecular formula is C17H15NO6. The van der Waals surface area contributed by atoms with E-state index < -0.39 is 11.6 Å². The quantitative estimate of drug-likeness (QED) is 0.579. The number of carbonyl (C=O) groups is 1. The van der Waals surface area contributed by atoms with Crippen LogP contribution < -0.4 is 5.63 Å². The highest BCUT2D eigenvalue weighted by Gasteiger charge is 2.15. The normalized spacial score (nSPS) is 10.9. The van der Waals surface area contributed by atoms with E-state index in [0.29, 0.717) is 28.0 Å². The van der Waals surface area contributed by atoms with Gasteiger partial charge in [-0.1, -0.05) is 5.16 Å². The van der Waals surface area contributed by atoms with Crippen molar-refractivity contribution in [2.45, 2.75) is 26.9 Å². The third-order valence-electron chi connectivity index (χ3n) is 3.70. The number of ether oxygens (including phenoxy) is 1. The molecule has 1 N–H and O–H groups in total. The Hall–Kier alpha value is -3.09. The van der Waals surface area contributed by atoms with Crippen LogP contribution in [0.15, 0.2) is 38.0 Å². The number of fused-ring (bicyclic) bond motifs is 1. The zero-order chi connectivity index (χ0) is 17.3. The topological polar surface area (TPSA) is 103 Å². The van der Waals surface area contributed by atoms with Crippen molar-refractivity contribution in [3.63, 3.8) is 0 Å². The first-order chi connectivity index (χ1) is 11.4. The predicted octanol–water partition coefficient (Wildman–Crippen LogP) is 2.39. The van der Waals surface area contributed by atoms with Gasteiger partial charge in [-0.2, -0.15) is 0 Å². The van der Waals surface area contributed by atoms with Gasteiger partial charge in [0, 0.05) is 28.6 Å².